The van der Waals surface area contributed by atoms with Gasteiger partial charge in [0.15, 0.2) is 11.6 Å². The van der Waals surface area contributed by atoms with Gasteiger partial charge in [0.2, 0.25) is 11.8 Å². The van der Waals surface area contributed by atoms with E-state index >= 15 is 0 Å². The smallest absolute Gasteiger partial charge is 0.455 e. The van der Waals surface area contributed by atoms with Crippen LogP contribution in [0.5, 0.6) is 5.75 Å². The number of carbonyl (C=O) groups is 2. The normalized spacial score (nSPS) is 22.9. The van der Waals surface area contributed by atoms with E-state index in [1.165, 1.54) is 22.6 Å². The van der Waals surface area contributed by atoms with E-state index in [9.17, 15) is 24.1 Å². The molecule has 2 amide bonds. The highest BCUT2D eigenvalue weighted by Crippen LogP contribution is 2.52. The monoisotopic (exact) mass is 636 g/mol. The van der Waals surface area contributed by atoms with Crippen LogP contribution in [0.1, 0.15) is 64.4 Å². The third-order valence-electron chi connectivity index (χ3n) is 9.69. The van der Waals surface area contributed by atoms with Crippen molar-refractivity contribution in [2.75, 3.05) is 10.2 Å². The lowest BCUT2D eigenvalue weighted by Gasteiger charge is -2.43. The summed E-state index contributed by atoms with van der Waals surface area (Å²) in [7, 11) is -1.04. The lowest BCUT2D eigenvalue weighted by Crippen LogP contribution is -2.46. The Labute approximate surface area is 276 Å². The highest BCUT2D eigenvalue weighted by molar-refractivity contribution is 6.43. The van der Waals surface area contributed by atoms with Gasteiger partial charge in [0, 0.05) is 11.4 Å². The first-order valence-electron chi connectivity index (χ1n) is 16.8. The number of para-hydroxylation sites is 1. The predicted octanol–water partition coefficient (Wildman–Crippen LogP) is 8.04. The van der Waals surface area contributed by atoms with Gasteiger partial charge in [-0.25, -0.2) is 4.39 Å². The number of rotatable bonds is 11. The number of hydrogen-bond donors (Lipinski definition) is 3. The Morgan fingerprint density at radius 3 is 2.43 bits per heavy atom. The van der Waals surface area contributed by atoms with E-state index in [1.807, 2.05) is 60.7 Å². The molecule has 0 spiro atoms. The van der Waals surface area contributed by atoms with E-state index in [0.29, 0.717) is 30.5 Å². The third-order valence-corrected chi connectivity index (χ3v) is 9.69. The minimum Gasteiger partial charge on any atom is -0.505 e. The summed E-state index contributed by atoms with van der Waals surface area (Å²) < 4.78 is 20.2. The second kappa shape index (κ2) is 14.3. The average Bonchev–Trinajstić information content (AvgIpc) is 3.31. The van der Waals surface area contributed by atoms with Gasteiger partial charge in [0.1, 0.15) is 0 Å². The molecule has 0 unspecified atom stereocenters. The Bertz CT molecular complexity index is 1680. The summed E-state index contributed by atoms with van der Waals surface area (Å²) in [6, 6.07) is 21.5. The molecule has 3 aliphatic rings. The summed E-state index contributed by atoms with van der Waals surface area (Å²) in [5.74, 6) is -2.73. The van der Waals surface area contributed by atoms with Gasteiger partial charge in [0.25, 0.3) is 0 Å². The van der Waals surface area contributed by atoms with E-state index in [-0.39, 0.29) is 35.9 Å². The minimum absolute atomic E-state index is 0.178. The molecule has 6 rings (SSSR count). The molecule has 0 aromatic heterocycles. The number of nitrogens with one attached hydrogen (secondary N) is 1. The first-order valence-corrected chi connectivity index (χ1v) is 16.8. The molecule has 9 heteroatoms. The fourth-order valence-corrected chi connectivity index (χ4v) is 7.69. The molecule has 4 atom stereocenters. The van der Waals surface area contributed by atoms with Crippen LogP contribution in [-0.2, 0) is 14.2 Å². The van der Waals surface area contributed by atoms with Crippen LogP contribution in [0.25, 0.3) is 6.08 Å². The Kier molecular flexibility index (Phi) is 9.94. The van der Waals surface area contributed by atoms with Crippen LogP contribution in [0.2, 0.25) is 6.32 Å². The highest BCUT2D eigenvalue weighted by Gasteiger charge is 2.57. The Morgan fingerprint density at radius 2 is 1.72 bits per heavy atom. The van der Waals surface area contributed by atoms with Crippen LogP contribution in [0.3, 0.4) is 0 Å². The Hall–Kier alpha value is -4.21. The van der Waals surface area contributed by atoms with Crippen LogP contribution in [-0.4, -0.2) is 35.2 Å². The van der Waals surface area contributed by atoms with Gasteiger partial charge < -0.3 is 20.1 Å². The number of nitrogens with zero attached hydrogens (tertiary/aromatic N) is 1. The number of amides is 2. The zero-order valence-electron chi connectivity index (χ0n) is 27.0. The number of fused-ring (bicyclic) bond motifs is 3. The SMILES string of the molecule is CCCC1=C2[C@@H](CC/C(=C/c3ccc(O)c(F)c3)CCC)OB(O)C[C@@H]2[C@@H]2C(=O)N(c3ccc(Nc4ccccc4)cc3)C(=O)[C@@H]2C1. The summed E-state index contributed by atoms with van der Waals surface area (Å²) in [6.07, 6.45) is 7.05. The molecule has 2 fully saturated rings. The quantitative estimate of drug-likeness (QED) is 0.112. The molecule has 3 N–H and O–H groups in total. The maximum atomic E-state index is 14.2. The molecule has 2 aliphatic heterocycles. The maximum Gasteiger partial charge on any atom is 0.455 e. The van der Waals surface area contributed by atoms with Crippen molar-refractivity contribution in [1.82, 2.24) is 0 Å². The second-order valence-electron chi connectivity index (χ2n) is 12.9. The molecule has 7 nitrogen and oxygen atoms in total. The second-order valence-corrected chi connectivity index (χ2v) is 12.9. The summed E-state index contributed by atoms with van der Waals surface area (Å²) >= 11 is 0. The van der Waals surface area contributed by atoms with Crippen molar-refractivity contribution in [2.45, 2.75) is 71.2 Å². The molecule has 0 saturated carbocycles. The van der Waals surface area contributed by atoms with Gasteiger partial charge in [-0.1, -0.05) is 68.2 Å². The summed E-state index contributed by atoms with van der Waals surface area (Å²) in [6.45, 7) is 4.20. The van der Waals surface area contributed by atoms with E-state index in [1.54, 1.807) is 6.07 Å². The zero-order valence-corrected chi connectivity index (χ0v) is 27.0. The lowest BCUT2D eigenvalue weighted by atomic mass is 9.58. The maximum absolute atomic E-state index is 14.2. The number of phenols is 1. The van der Waals surface area contributed by atoms with Gasteiger partial charge >= 0.3 is 7.12 Å². The summed E-state index contributed by atoms with van der Waals surface area (Å²) in [5.41, 5.74) is 6.40. The van der Waals surface area contributed by atoms with Crippen LogP contribution < -0.4 is 10.2 Å². The van der Waals surface area contributed by atoms with Gasteiger partial charge in [-0.2, -0.15) is 0 Å². The van der Waals surface area contributed by atoms with Crippen LogP contribution >= 0.6 is 0 Å². The Balaban J connectivity index is 1.24. The van der Waals surface area contributed by atoms with E-state index < -0.39 is 24.8 Å². The largest absolute Gasteiger partial charge is 0.505 e. The van der Waals surface area contributed by atoms with Gasteiger partial charge in [-0.15, -0.1) is 0 Å². The summed E-state index contributed by atoms with van der Waals surface area (Å²) in [4.78, 5) is 29.4. The standard InChI is InChI=1S/C38H42BFN2O5/c1-3-8-24(20-25-12-18-33(43)32(40)21-25)13-19-34-35-26(9-4-2)22-30-36(31(35)23-39(46)47-34)38(45)42(37(30)44)29-16-14-28(15-17-29)41-27-10-6-5-7-11-27/h5-7,10-12,14-18,20-21,30-31,34,36,41,43,46H,3-4,8-9,13,19,22-23H2,1-2H3/b24-20+/t30-,31+,34-,36-/m1/s1. The van der Waals surface area contributed by atoms with Crippen molar-refractivity contribution in [3.05, 3.63) is 101 Å². The molecule has 244 valence electrons. The first kappa shape index (κ1) is 32.7. The molecule has 2 saturated heterocycles. The van der Waals surface area contributed by atoms with Gasteiger partial charge in [0.05, 0.1) is 23.6 Å². The molecule has 1 aliphatic carbocycles. The molecule has 2 heterocycles. The van der Waals surface area contributed by atoms with Crippen molar-refractivity contribution >= 4 is 42.1 Å². The fourth-order valence-electron chi connectivity index (χ4n) is 7.69. The number of hydrogen-bond acceptors (Lipinski definition) is 6. The first-order chi connectivity index (χ1) is 22.8. The number of carbonyl (C=O) groups excluding carboxylic acids is 2. The topological polar surface area (TPSA) is 99.1 Å². The van der Waals surface area contributed by atoms with Crippen LogP contribution in [0, 0.1) is 23.6 Å². The van der Waals surface area contributed by atoms with E-state index in [2.05, 4.69) is 19.2 Å². The highest BCUT2D eigenvalue weighted by atomic mass is 19.1. The van der Waals surface area contributed by atoms with Gasteiger partial charge in [-0.3, -0.25) is 14.5 Å². The van der Waals surface area contributed by atoms with Crippen molar-refractivity contribution in [3.8, 4) is 5.75 Å². The van der Waals surface area contributed by atoms with Crippen molar-refractivity contribution in [1.29, 1.82) is 0 Å². The molecule has 0 radical (unpaired) electrons. The average molecular weight is 637 g/mol. The van der Waals surface area contributed by atoms with Crippen molar-refractivity contribution in [3.63, 3.8) is 0 Å². The molecule has 3 aromatic carbocycles. The molecular weight excluding hydrogens is 594 g/mol. The number of allylic oxidation sites excluding steroid dienone is 2. The van der Waals surface area contributed by atoms with Crippen LogP contribution in [0.4, 0.5) is 21.5 Å². The molecule has 3 aromatic rings. The lowest BCUT2D eigenvalue weighted by molar-refractivity contribution is -0.122. The fraction of sp³-hybridized carbons (Fsp3) is 0.368. The zero-order chi connectivity index (χ0) is 33.1. The van der Waals surface area contributed by atoms with Crippen molar-refractivity contribution in [2.24, 2.45) is 17.8 Å². The number of phenolic OH excluding ortho intramolecular Hbond substituents is 1. The number of anilines is 3. The Morgan fingerprint density at radius 1 is 0.979 bits per heavy atom. The molecular formula is C38H42BFN2O5. The third kappa shape index (κ3) is 6.92. The number of benzene rings is 3. The molecule has 0 bridgehead atoms. The summed E-state index contributed by atoms with van der Waals surface area (Å²) in [5, 5.41) is 23.9. The van der Waals surface area contributed by atoms with E-state index in [4.69, 9.17) is 4.65 Å². The molecule has 47 heavy (non-hydrogen) atoms. The van der Waals surface area contributed by atoms with Crippen LogP contribution in [0.15, 0.2) is 89.5 Å². The number of imide groups is 1. The van der Waals surface area contributed by atoms with E-state index in [0.717, 1.165) is 48.2 Å². The minimum atomic E-state index is -1.04. The number of aromatic hydroxyl groups is 1. The predicted molar refractivity (Wildman–Crippen MR) is 184 cm³/mol. The van der Waals surface area contributed by atoms with Gasteiger partial charge in [-0.05, 0) is 104 Å². The van der Waals surface area contributed by atoms with Crippen molar-refractivity contribution < 1.29 is 28.8 Å². The number of halogens is 1.